The third kappa shape index (κ3) is 5.62. The van der Waals surface area contributed by atoms with E-state index in [0.717, 1.165) is 5.56 Å². The molecule has 0 aliphatic carbocycles. The van der Waals surface area contributed by atoms with Crippen LogP contribution in [0.2, 0.25) is 0 Å². The van der Waals surface area contributed by atoms with Gasteiger partial charge in [0.2, 0.25) is 5.91 Å². The Hall–Kier alpha value is -2.82. The topological polar surface area (TPSA) is 47.6 Å². The molecule has 0 spiro atoms. The van der Waals surface area contributed by atoms with Gasteiger partial charge < -0.3 is 14.8 Å². The molecule has 0 saturated heterocycles. The van der Waals surface area contributed by atoms with Gasteiger partial charge in [0.15, 0.2) is 11.5 Å². The van der Waals surface area contributed by atoms with E-state index in [0.29, 0.717) is 30.3 Å². The average Bonchev–Trinajstić information content (AvgIpc) is 2.62. The molecule has 1 amide bonds. The van der Waals surface area contributed by atoms with Gasteiger partial charge in [0.05, 0.1) is 19.3 Å². The summed E-state index contributed by atoms with van der Waals surface area (Å²) in [6.45, 7) is 6.79. The van der Waals surface area contributed by atoms with Gasteiger partial charge in [-0.2, -0.15) is 0 Å². The van der Waals surface area contributed by atoms with E-state index < -0.39 is 0 Å². The molecule has 0 aromatic heterocycles. The van der Waals surface area contributed by atoms with E-state index in [-0.39, 0.29) is 17.8 Å². The first-order chi connectivity index (χ1) is 12.5. The summed E-state index contributed by atoms with van der Waals surface area (Å²) in [5, 5.41) is 2.89. The maximum Gasteiger partial charge on any atom is 0.244 e. The fraction of sp³-hybridized carbons (Fsp3) is 0.286. The molecule has 0 heterocycles. The lowest BCUT2D eigenvalue weighted by Crippen LogP contribution is -2.24. The molecule has 0 saturated carbocycles. The number of amides is 1. The van der Waals surface area contributed by atoms with Crippen LogP contribution in [0.5, 0.6) is 11.5 Å². The summed E-state index contributed by atoms with van der Waals surface area (Å²) in [5.74, 6) is 0.748. The van der Waals surface area contributed by atoms with Crippen LogP contribution in [0.4, 0.5) is 4.39 Å². The number of halogens is 1. The van der Waals surface area contributed by atoms with Crippen molar-refractivity contribution < 1.29 is 18.7 Å². The molecule has 5 heteroatoms. The van der Waals surface area contributed by atoms with E-state index in [1.54, 1.807) is 18.2 Å². The molecule has 0 bridgehead atoms. The molecule has 2 aromatic rings. The Morgan fingerprint density at radius 1 is 1.12 bits per heavy atom. The zero-order valence-corrected chi connectivity index (χ0v) is 15.3. The molecular formula is C21H24FNO3. The number of carbonyl (C=O) groups excluding carboxylic acids is 1. The summed E-state index contributed by atoms with van der Waals surface area (Å²) in [6.07, 6.45) is 2.97. The van der Waals surface area contributed by atoms with E-state index >= 15 is 0 Å². The largest absolute Gasteiger partial charge is 0.490 e. The van der Waals surface area contributed by atoms with Crippen molar-refractivity contribution in [3.63, 3.8) is 0 Å². The number of carbonyl (C=O) groups is 1. The molecule has 1 atom stereocenters. The summed E-state index contributed by atoms with van der Waals surface area (Å²) >= 11 is 0. The quantitative estimate of drug-likeness (QED) is 0.707. The maximum atomic E-state index is 13.2. The Bertz CT molecular complexity index is 774. The van der Waals surface area contributed by atoms with Crippen LogP contribution in [0.3, 0.4) is 0 Å². The van der Waals surface area contributed by atoms with E-state index in [2.05, 4.69) is 5.32 Å². The van der Waals surface area contributed by atoms with Gasteiger partial charge in [-0.1, -0.05) is 18.2 Å². The number of nitrogens with one attached hydrogen (secondary N) is 1. The Morgan fingerprint density at radius 2 is 1.85 bits per heavy atom. The highest BCUT2D eigenvalue weighted by molar-refractivity contribution is 5.91. The van der Waals surface area contributed by atoms with Gasteiger partial charge in [0.1, 0.15) is 5.82 Å². The van der Waals surface area contributed by atoms with Crippen molar-refractivity contribution in [2.75, 3.05) is 13.2 Å². The van der Waals surface area contributed by atoms with Gasteiger partial charge in [0, 0.05) is 6.08 Å². The second-order valence-electron chi connectivity index (χ2n) is 5.69. The summed E-state index contributed by atoms with van der Waals surface area (Å²) < 4.78 is 24.3. The van der Waals surface area contributed by atoms with Crippen molar-refractivity contribution in [3.8, 4) is 11.5 Å². The van der Waals surface area contributed by atoms with Crippen LogP contribution in [0.15, 0.2) is 48.5 Å². The van der Waals surface area contributed by atoms with Crippen molar-refractivity contribution in [1.29, 1.82) is 0 Å². The van der Waals surface area contributed by atoms with Crippen LogP contribution >= 0.6 is 0 Å². The van der Waals surface area contributed by atoms with Crippen LogP contribution in [0, 0.1) is 5.82 Å². The fourth-order valence-corrected chi connectivity index (χ4v) is 2.46. The minimum Gasteiger partial charge on any atom is -0.490 e. The first kappa shape index (κ1) is 19.5. The first-order valence-electron chi connectivity index (χ1n) is 8.67. The van der Waals surface area contributed by atoms with Crippen LogP contribution in [0.25, 0.3) is 6.08 Å². The number of benzene rings is 2. The van der Waals surface area contributed by atoms with Gasteiger partial charge in [-0.15, -0.1) is 0 Å². The van der Waals surface area contributed by atoms with Crippen LogP contribution < -0.4 is 14.8 Å². The van der Waals surface area contributed by atoms with E-state index in [1.807, 2.05) is 39.0 Å². The molecule has 2 aromatic carbocycles. The smallest absolute Gasteiger partial charge is 0.244 e. The van der Waals surface area contributed by atoms with Crippen molar-refractivity contribution >= 4 is 12.0 Å². The van der Waals surface area contributed by atoms with Gasteiger partial charge in [-0.3, -0.25) is 4.79 Å². The molecule has 0 radical (unpaired) electrons. The molecule has 138 valence electrons. The summed E-state index contributed by atoms with van der Waals surface area (Å²) in [6, 6.07) is 11.5. The van der Waals surface area contributed by atoms with Gasteiger partial charge in [-0.05, 0) is 62.2 Å². The van der Waals surface area contributed by atoms with Crippen molar-refractivity contribution in [2.24, 2.45) is 0 Å². The van der Waals surface area contributed by atoms with E-state index in [4.69, 9.17) is 9.47 Å². The second-order valence-corrected chi connectivity index (χ2v) is 5.69. The van der Waals surface area contributed by atoms with Gasteiger partial charge in [-0.25, -0.2) is 4.39 Å². The number of ether oxygens (including phenoxy) is 2. The van der Waals surface area contributed by atoms with E-state index in [1.165, 1.54) is 18.2 Å². The maximum absolute atomic E-state index is 13.2. The Labute approximate surface area is 153 Å². The predicted octanol–water partition coefficient (Wildman–Crippen LogP) is 4.51. The van der Waals surface area contributed by atoms with Gasteiger partial charge in [0.25, 0.3) is 0 Å². The van der Waals surface area contributed by atoms with E-state index in [9.17, 15) is 9.18 Å². The monoisotopic (exact) mass is 357 g/mol. The average molecular weight is 357 g/mol. The number of hydrogen-bond donors (Lipinski definition) is 1. The van der Waals surface area contributed by atoms with Crippen molar-refractivity contribution in [1.82, 2.24) is 5.32 Å². The minimum atomic E-state index is -0.334. The third-order valence-electron chi connectivity index (χ3n) is 3.70. The second kappa shape index (κ2) is 9.61. The fourth-order valence-electron chi connectivity index (χ4n) is 2.46. The third-order valence-corrected chi connectivity index (χ3v) is 3.70. The number of hydrogen-bond acceptors (Lipinski definition) is 3. The van der Waals surface area contributed by atoms with Crippen molar-refractivity contribution in [3.05, 3.63) is 65.5 Å². The number of rotatable bonds is 8. The summed E-state index contributed by atoms with van der Waals surface area (Å²) in [4.78, 5) is 12.1. The predicted molar refractivity (Wildman–Crippen MR) is 101 cm³/mol. The molecular weight excluding hydrogens is 333 g/mol. The lowest BCUT2D eigenvalue weighted by atomic mass is 10.1. The highest BCUT2D eigenvalue weighted by Gasteiger charge is 2.12. The summed E-state index contributed by atoms with van der Waals surface area (Å²) in [7, 11) is 0. The molecule has 0 fully saturated rings. The summed E-state index contributed by atoms with van der Waals surface area (Å²) in [5.41, 5.74) is 1.54. The SMILES string of the molecule is CCOc1ccc(C(C)NC(=O)/C=C/c2cccc(F)c2)cc1OCC. The highest BCUT2D eigenvalue weighted by Crippen LogP contribution is 2.30. The van der Waals surface area contributed by atoms with Crippen LogP contribution in [-0.2, 0) is 4.79 Å². The molecule has 1 N–H and O–H groups in total. The standard InChI is InChI=1S/C21H24FNO3/c1-4-25-19-11-10-17(14-20(19)26-5-2)15(3)23-21(24)12-9-16-7-6-8-18(22)13-16/h6-15H,4-5H2,1-3H3,(H,23,24)/b12-9+. The Morgan fingerprint density at radius 3 is 2.54 bits per heavy atom. The molecule has 4 nitrogen and oxygen atoms in total. The van der Waals surface area contributed by atoms with Crippen LogP contribution in [0.1, 0.15) is 37.9 Å². The molecule has 0 aliphatic rings. The zero-order chi connectivity index (χ0) is 18.9. The molecule has 2 rings (SSSR count). The van der Waals surface area contributed by atoms with Gasteiger partial charge >= 0.3 is 0 Å². The molecule has 1 unspecified atom stereocenters. The minimum absolute atomic E-state index is 0.213. The zero-order valence-electron chi connectivity index (χ0n) is 15.3. The lowest BCUT2D eigenvalue weighted by Gasteiger charge is -2.17. The molecule has 26 heavy (non-hydrogen) atoms. The van der Waals surface area contributed by atoms with Crippen molar-refractivity contribution in [2.45, 2.75) is 26.8 Å². The highest BCUT2D eigenvalue weighted by atomic mass is 19.1. The normalized spacial score (nSPS) is 12.0. The molecule has 0 aliphatic heterocycles. The first-order valence-corrected chi connectivity index (χ1v) is 8.67. The lowest BCUT2D eigenvalue weighted by molar-refractivity contribution is -0.117. The Balaban J connectivity index is 2.05. The Kier molecular flexibility index (Phi) is 7.21. The van der Waals surface area contributed by atoms with Crippen LogP contribution in [-0.4, -0.2) is 19.1 Å².